The SMILES string of the molecule is CO[Si](CCCCCCSSCCCCCC[Si](OC)(OC)OC)(OC)OC. The van der Waals surface area contributed by atoms with Gasteiger partial charge in [0, 0.05) is 66.3 Å². The zero-order valence-electron chi connectivity index (χ0n) is 18.8. The fourth-order valence-electron chi connectivity index (χ4n) is 2.94. The van der Waals surface area contributed by atoms with Crippen LogP contribution in [0.3, 0.4) is 0 Å². The lowest BCUT2D eigenvalue weighted by atomic mass is 10.2. The Morgan fingerprint density at radius 3 is 1.00 bits per heavy atom. The first-order valence-electron chi connectivity index (χ1n) is 10.1. The lowest BCUT2D eigenvalue weighted by molar-refractivity contribution is 0.122. The van der Waals surface area contributed by atoms with Gasteiger partial charge in [-0.2, -0.15) is 0 Å². The second-order valence-corrected chi connectivity index (χ2v) is 15.4. The summed E-state index contributed by atoms with van der Waals surface area (Å²) < 4.78 is 32.7. The fraction of sp³-hybridized carbons (Fsp3) is 1.00. The maximum absolute atomic E-state index is 5.45. The molecule has 0 radical (unpaired) electrons. The molecule has 170 valence electrons. The predicted molar refractivity (Wildman–Crippen MR) is 125 cm³/mol. The molecule has 0 unspecified atom stereocenters. The van der Waals surface area contributed by atoms with E-state index in [1.165, 1.54) is 50.0 Å². The van der Waals surface area contributed by atoms with Crippen LogP contribution in [0.1, 0.15) is 51.4 Å². The van der Waals surface area contributed by atoms with E-state index in [-0.39, 0.29) is 0 Å². The average molecular weight is 475 g/mol. The van der Waals surface area contributed by atoms with Crippen molar-refractivity contribution in [3.05, 3.63) is 0 Å². The van der Waals surface area contributed by atoms with Gasteiger partial charge in [-0.25, -0.2) is 0 Å². The van der Waals surface area contributed by atoms with Gasteiger partial charge in [0.15, 0.2) is 0 Å². The molecule has 0 aliphatic carbocycles. The minimum absolute atomic E-state index is 0.904. The summed E-state index contributed by atoms with van der Waals surface area (Å²) in [5.74, 6) is 2.46. The van der Waals surface area contributed by atoms with Gasteiger partial charge in [-0.1, -0.05) is 47.3 Å². The number of hydrogen-bond donors (Lipinski definition) is 0. The molecule has 0 aromatic heterocycles. The summed E-state index contributed by atoms with van der Waals surface area (Å²) in [6.45, 7) is 0. The summed E-state index contributed by atoms with van der Waals surface area (Å²) in [6.07, 6.45) is 9.72. The van der Waals surface area contributed by atoms with Crippen molar-refractivity contribution in [2.75, 3.05) is 54.2 Å². The maximum Gasteiger partial charge on any atom is 0.500 e. The van der Waals surface area contributed by atoms with Gasteiger partial charge < -0.3 is 26.6 Å². The van der Waals surface area contributed by atoms with Crippen LogP contribution < -0.4 is 0 Å². The van der Waals surface area contributed by atoms with E-state index in [0.717, 1.165) is 24.9 Å². The van der Waals surface area contributed by atoms with E-state index in [4.69, 9.17) is 26.6 Å². The molecule has 0 saturated heterocycles. The Bertz CT molecular complexity index is 300. The molecule has 0 aliphatic rings. The topological polar surface area (TPSA) is 55.4 Å². The van der Waals surface area contributed by atoms with Crippen LogP contribution in [-0.4, -0.2) is 71.8 Å². The van der Waals surface area contributed by atoms with Crippen molar-refractivity contribution >= 4 is 39.2 Å². The van der Waals surface area contributed by atoms with Crippen LogP contribution >= 0.6 is 21.6 Å². The Hall–Kier alpha value is 0.894. The summed E-state index contributed by atoms with van der Waals surface area (Å²) in [4.78, 5) is 0. The van der Waals surface area contributed by atoms with Gasteiger partial charge in [0.25, 0.3) is 0 Å². The molecule has 0 saturated carbocycles. The zero-order chi connectivity index (χ0) is 21.1. The first kappa shape index (κ1) is 28.9. The molecule has 10 heteroatoms. The Labute approximate surface area is 183 Å². The van der Waals surface area contributed by atoms with Gasteiger partial charge in [-0.05, 0) is 25.7 Å². The first-order chi connectivity index (χ1) is 13.6. The highest BCUT2D eigenvalue weighted by Crippen LogP contribution is 2.25. The minimum Gasteiger partial charge on any atom is -0.377 e. The Morgan fingerprint density at radius 2 is 0.714 bits per heavy atom. The van der Waals surface area contributed by atoms with Gasteiger partial charge >= 0.3 is 17.6 Å². The highest BCUT2D eigenvalue weighted by atomic mass is 33.1. The Balaban J connectivity index is 3.43. The number of hydrogen-bond acceptors (Lipinski definition) is 8. The lowest BCUT2D eigenvalue weighted by Crippen LogP contribution is -2.42. The third-order valence-corrected chi connectivity index (χ3v) is 13.1. The fourth-order valence-corrected chi connectivity index (χ4v) is 8.83. The van der Waals surface area contributed by atoms with Crippen LogP contribution in [0, 0.1) is 0 Å². The molecule has 0 fully saturated rings. The molecule has 0 aliphatic heterocycles. The third-order valence-electron chi connectivity index (χ3n) is 4.87. The molecule has 0 aromatic carbocycles. The normalized spacial score (nSPS) is 12.6. The summed E-state index contributed by atoms with van der Waals surface area (Å²) in [5, 5.41) is 0. The zero-order valence-corrected chi connectivity index (χ0v) is 22.4. The van der Waals surface area contributed by atoms with Crippen molar-refractivity contribution in [2.45, 2.75) is 63.5 Å². The molecule has 0 bridgehead atoms. The molecule has 0 rings (SSSR count). The largest absolute Gasteiger partial charge is 0.500 e. The third kappa shape index (κ3) is 12.6. The summed E-state index contributed by atoms with van der Waals surface area (Å²) in [6, 6.07) is 1.81. The second-order valence-electron chi connectivity index (χ2n) is 6.56. The minimum atomic E-state index is -2.36. The van der Waals surface area contributed by atoms with Crippen LogP contribution in [-0.2, 0) is 26.6 Å². The first-order valence-corrected chi connectivity index (χ1v) is 16.5. The molecule has 0 amide bonds. The van der Waals surface area contributed by atoms with Gasteiger partial charge in [0.2, 0.25) is 0 Å². The van der Waals surface area contributed by atoms with Crippen LogP contribution in [0.4, 0.5) is 0 Å². The Kier molecular flexibility index (Phi) is 19.2. The van der Waals surface area contributed by atoms with Crippen molar-refractivity contribution in [3.8, 4) is 0 Å². The maximum atomic E-state index is 5.45. The van der Waals surface area contributed by atoms with Gasteiger partial charge in [0.1, 0.15) is 0 Å². The highest BCUT2D eigenvalue weighted by Gasteiger charge is 2.37. The summed E-state index contributed by atoms with van der Waals surface area (Å²) in [5.41, 5.74) is 0. The molecule has 0 spiro atoms. The smallest absolute Gasteiger partial charge is 0.377 e. The molecule has 0 aromatic rings. The molecular formula is C18H42O6S2Si2. The van der Waals surface area contributed by atoms with E-state index in [9.17, 15) is 0 Å². The van der Waals surface area contributed by atoms with Crippen molar-refractivity contribution < 1.29 is 26.6 Å². The van der Waals surface area contributed by atoms with E-state index >= 15 is 0 Å². The molecule has 0 atom stereocenters. The van der Waals surface area contributed by atoms with E-state index in [1.807, 2.05) is 21.6 Å². The van der Waals surface area contributed by atoms with Crippen LogP contribution in [0.15, 0.2) is 0 Å². The highest BCUT2D eigenvalue weighted by molar-refractivity contribution is 8.76. The summed E-state index contributed by atoms with van der Waals surface area (Å²) >= 11 is 0. The summed E-state index contributed by atoms with van der Waals surface area (Å²) in [7, 11) is 9.38. The van der Waals surface area contributed by atoms with Gasteiger partial charge in [-0.15, -0.1) is 0 Å². The molecule has 0 N–H and O–H groups in total. The second kappa shape index (κ2) is 18.6. The predicted octanol–water partition coefficient (Wildman–Crippen LogP) is 5.24. The van der Waals surface area contributed by atoms with Crippen molar-refractivity contribution in [3.63, 3.8) is 0 Å². The average Bonchev–Trinajstić information content (AvgIpc) is 2.75. The van der Waals surface area contributed by atoms with Crippen molar-refractivity contribution in [1.82, 2.24) is 0 Å². The van der Waals surface area contributed by atoms with Crippen LogP contribution in [0.25, 0.3) is 0 Å². The van der Waals surface area contributed by atoms with Crippen molar-refractivity contribution in [1.29, 1.82) is 0 Å². The standard InChI is InChI=1S/C18H42O6S2Si2/c1-19-27(20-2,21-3)17-13-9-7-11-15-25-26-16-12-8-10-14-18-28(22-4,23-5)24-6/h7-18H2,1-6H3. The van der Waals surface area contributed by atoms with E-state index in [0.29, 0.717) is 0 Å². The number of unbranched alkanes of at least 4 members (excludes halogenated alkanes) is 6. The molecule has 6 nitrogen and oxygen atoms in total. The van der Waals surface area contributed by atoms with Crippen LogP contribution in [0.5, 0.6) is 0 Å². The lowest BCUT2D eigenvalue weighted by Gasteiger charge is -2.24. The van der Waals surface area contributed by atoms with E-state index in [1.54, 1.807) is 42.7 Å². The molecular weight excluding hydrogens is 432 g/mol. The van der Waals surface area contributed by atoms with E-state index in [2.05, 4.69) is 0 Å². The number of rotatable bonds is 21. The van der Waals surface area contributed by atoms with Crippen molar-refractivity contribution in [2.24, 2.45) is 0 Å². The van der Waals surface area contributed by atoms with Gasteiger partial charge in [-0.3, -0.25) is 0 Å². The van der Waals surface area contributed by atoms with Crippen LogP contribution in [0.2, 0.25) is 12.1 Å². The Morgan fingerprint density at radius 1 is 0.429 bits per heavy atom. The monoisotopic (exact) mass is 474 g/mol. The van der Waals surface area contributed by atoms with Gasteiger partial charge in [0.05, 0.1) is 0 Å². The molecule has 0 heterocycles. The molecule has 28 heavy (non-hydrogen) atoms. The quantitative estimate of drug-likeness (QED) is 0.127. The van der Waals surface area contributed by atoms with E-state index < -0.39 is 17.6 Å².